The fraction of sp³-hybridized carbons (Fsp3) is 0.571. The summed E-state index contributed by atoms with van der Waals surface area (Å²) in [4.78, 5) is 42.3. The van der Waals surface area contributed by atoms with Gasteiger partial charge in [-0.25, -0.2) is 9.59 Å². The van der Waals surface area contributed by atoms with E-state index in [0.717, 1.165) is 44.5 Å². The van der Waals surface area contributed by atoms with Gasteiger partial charge in [0.25, 0.3) is 0 Å². The van der Waals surface area contributed by atoms with Crippen LogP contribution in [0.4, 0.5) is 21.0 Å². The molecule has 0 aromatic heterocycles. The van der Waals surface area contributed by atoms with Gasteiger partial charge in [0.1, 0.15) is 0 Å². The van der Waals surface area contributed by atoms with Gasteiger partial charge in [-0.15, -0.1) is 0 Å². The maximum Gasteiger partial charge on any atom is 0.321 e. The van der Waals surface area contributed by atoms with E-state index >= 15 is 0 Å². The van der Waals surface area contributed by atoms with Gasteiger partial charge in [-0.2, -0.15) is 0 Å². The van der Waals surface area contributed by atoms with Crippen LogP contribution in [0.2, 0.25) is 0 Å². The normalized spacial score (nSPS) is 20.1. The molecule has 4 rings (SSSR count). The minimum atomic E-state index is -0.127. The zero-order valence-electron chi connectivity index (χ0n) is 16.7. The average molecular weight is 399 g/mol. The Morgan fingerprint density at radius 3 is 2.48 bits per heavy atom. The van der Waals surface area contributed by atoms with E-state index in [9.17, 15) is 14.4 Å². The maximum absolute atomic E-state index is 12.6. The van der Waals surface area contributed by atoms with Gasteiger partial charge in [-0.3, -0.25) is 9.69 Å². The van der Waals surface area contributed by atoms with Crippen LogP contribution < -0.4 is 15.5 Å². The van der Waals surface area contributed by atoms with Crippen molar-refractivity contribution >= 4 is 29.3 Å². The fourth-order valence-electron chi connectivity index (χ4n) is 4.35. The number of hydrogen-bond acceptors (Lipinski definition) is 3. The zero-order valence-corrected chi connectivity index (χ0v) is 16.7. The van der Waals surface area contributed by atoms with Gasteiger partial charge < -0.3 is 20.4 Å². The number of nitrogens with one attached hydrogen (secondary N) is 2. The van der Waals surface area contributed by atoms with E-state index in [1.165, 1.54) is 0 Å². The molecule has 8 heteroatoms. The van der Waals surface area contributed by atoms with Crippen molar-refractivity contribution in [2.24, 2.45) is 5.92 Å². The van der Waals surface area contributed by atoms with Gasteiger partial charge in [0, 0.05) is 57.1 Å². The molecule has 0 spiro atoms. The van der Waals surface area contributed by atoms with E-state index in [4.69, 9.17) is 0 Å². The Labute approximate surface area is 171 Å². The van der Waals surface area contributed by atoms with Crippen LogP contribution in [0.15, 0.2) is 24.3 Å². The summed E-state index contributed by atoms with van der Waals surface area (Å²) in [5.74, 6) is 0.636. The van der Waals surface area contributed by atoms with Crippen molar-refractivity contribution in [2.75, 3.05) is 49.5 Å². The van der Waals surface area contributed by atoms with E-state index in [1.54, 1.807) is 4.90 Å². The first kappa shape index (κ1) is 19.5. The number of urea groups is 2. The fourth-order valence-corrected chi connectivity index (χ4v) is 4.35. The quantitative estimate of drug-likeness (QED) is 0.816. The van der Waals surface area contributed by atoms with Gasteiger partial charge in [-0.1, -0.05) is 6.07 Å². The largest absolute Gasteiger partial charge is 0.343 e. The van der Waals surface area contributed by atoms with Crippen LogP contribution in [0.1, 0.15) is 32.1 Å². The third-order valence-electron chi connectivity index (χ3n) is 6.09. The number of benzene rings is 1. The molecular weight excluding hydrogens is 370 g/mol. The lowest BCUT2D eigenvalue weighted by Gasteiger charge is -2.32. The number of likely N-dealkylation sites (tertiary alicyclic amines) is 2. The first-order valence-electron chi connectivity index (χ1n) is 10.6. The standard InChI is InChI=1S/C21H29N5O3/c27-19(24-9-1-2-10-24)14-16-6-11-25(12-7-16)21(29)23-17-4-3-5-18(15-17)26-13-8-22-20(26)28/h3-5,15-16H,1-2,6-14H2,(H,22,28)(H,23,29). The molecule has 3 saturated heterocycles. The molecule has 156 valence electrons. The Kier molecular flexibility index (Phi) is 5.87. The van der Waals surface area contributed by atoms with E-state index in [1.807, 2.05) is 34.1 Å². The molecule has 0 atom stereocenters. The van der Waals surface area contributed by atoms with Crippen molar-refractivity contribution < 1.29 is 14.4 Å². The highest BCUT2D eigenvalue weighted by Crippen LogP contribution is 2.24. The van der Waals surface area contributed by atoms with E-state index < -0.39 is 0 Å². The number of amides is 5. The Morgan fingerprint density at radius 1 is 1.03 bits per heavy atom. The lowest BCUT2D eigenvalue weighted by Crippen LogP contribution is -2.42. The van der Waals surface area contributed by atoms with Crippen LogP contribution in [0.3, 0.4) is 0 Å². The summed E-state index contributed by atoms with van der Waals surface area (Å²) in [6.07, 6.45) is 4.57. The first-order valence-corrected chi connectivity index (χ1v) is 10.6. The molecule has 1 aromatic carbocycles. The molecule has 3 heterocycles. The zero-order chi connectivity index (χ0) is 20.2. The minimum absolute atomic E-state index is 0.112. The summed E-state index contributed by atoms with van der Waals surface area (Å²) in [5.41, 5.74) is 1.45. The lowest BCUT2D eigenvalue weighted by atomic mass is 9.93. The highest BCUT2D eigenvalue weighted by molar-refractivity contribution is 5.95. The Hall–Kier alpha value is -2.77. The summed E-state index contributed by atoms with van der Waals surface area (Å²) in [6, 6.07) is 7.12. The molecule has 8 nitrogen and oxygen atoms in total. The number of nitrogens with zero attached hydrogens (tertiary/aromatic N) is 3. The summed E-state index contributed by atoms with van der Waals surface area (Å²) in [7, 11) is 0. The van der Waals surface area contributed by atoms with E-state index in [0.29, 0.717) is 44.2 Å². The lowest BCUT2D eigenvalue weighted by molar-refractivity contribution is -0.131. The molecule has 0 saturated carbocycles. The van der Waals surface area contributed by atoms with Crippen LogP contribution >= 0.6 is 0 Å². The van der Waals surface area contributed by atoms with Crippen molar-refractivity contribution in [3.05, 3.63) is 24.3 Å². The number of hydrogen-bond donors (Lipinski definition) is 2. The number of carbonyl (C=O) groups excluding carboxylic acids is 3. The van der Waals surface area contributed by atoms with Crippen molar-refractivity contribution in [3.63, 3.8) is 0 Å². The van der Waals surface area contributed by atoms with Crippen molar-refractivity contribution in [3.8, 4) is 0 Å². The summed E-state index contributed by atoms with van der Waals surface area (Å²) >= 11 is 0. The predicted molar refractivity (Wildman–Crippen MR) is 111 cm³/mol. The molecule has 0 bridgehead atoms. The van der Waals surface area contributed by atoms with Crippen LogP contribution in [-0.2, 0) is 4.79 Å². The van der Waals surface area contributed by atoms with Crippen molar-refractivity contribution in [1.29, 1.82) is 0 Å². The van der Waals surface area contributed by atoms with E-state index in [-0.39, 0.29) is 18.0 Å². The molecule has 1 aromatic rings. The molecule has 3 aliphatic heterocycles. The number of piperidine rings is 1. The Morgan fingerprint density at radius 2 is 1.79 bits per heavy atom. The number of anilines is 2. The van der Waals surface area contributed by atoms with Gasteiger partial charge in [-0.05, 0) is 49.8 Å². The minimum Gasteiger partial charge on any atom is -0.343 e. The van der Waals surface area contributed by atoms with Gasteiger partial charge >= 0.3 is 12.1 Å². The van der Waals surface area contributed by atoms with Gasteiger partial charge in [0.15, 0.2) is 0 Å². The highest BCUT2D eigenvalue weighted by Gasteiger charge is 2.27. The second-order valence-corrected chi connectivity index (χ2v) is 8.09. The Balaban J connectivity index is 1.27. The van der Waals surface area contributed by atoms with Crippen LogP contribution in [-0.4, -0.2) is 67.0 Å². The molecular formula is C21H29N5O3. The first-order chi connectivity index (χ1) is 14.1. The summed E-state index contributed by atoms with van der Waals surface area (Å²) in [5, 5.41) is 5.72. The average Bonchev–Trinajstić information content (AvgIpc) is 3.40. The second-order valence-electron chi connectivity index (χ2n) is 8.09. The predicted octanol–water partition coefficient (Wildman–Crippen LogP) is 2.47. The molecule has 0 radical (unpaired) electrons. The monoisotopic (exact) mass is 399 g/mol. The molecule has 3 aliphatic rings. The molecule has 0 unspecified atom stereocenters. The molecule has 2 N–H and O–H groups in total. The third kappa shape index (κ3) is 4.63. The van der Waals surface area contributed by atoms with E-state index in [2.05, 4.69) is 10.6 Å². The SMILES string of the molecule is O=C(CC1CCN(C(=O)Nc2cccc(N3CCNC3=O)c2)CC1)N1CCCC1. The van der Waals surface area contributed by atoms with Crippen LogP contribution in [0.5, 0.6) is 0 Å². The van der Waals surface area contributed by atoms with Gasteiger partial charge in [0.05, 0.1) is 0 Å². The number of carbonyl (C=O) groups is 3. The highest BCUT2D eigenvalue weighted by atomic mass is 16.2. The van der Waals surface area contributed by atoms with Crippen molar-refractivity contribution in [2.45, 2.75) is 32.1 Å². The van der Waals surface area contributed by atoms with Crippen LogP contribution in [0, 0.1) is 5.92 Å². The van der Waals surface area contributed by atoms with Gasteiger partial charge in [0.2, 0.25) is 5.91 Å². The topological polar surface area (TPSA) is 85.0 Å². The molecule has 5 amide bonds. The molecule has 0 aliphatic carbocycles. The Bertz CT molecular complexity index is 769. The smallest absolute Gasteiger partial charge is 0.321 e. The van der Waals surface area contributed by atoms with Crippen molar-refractivity contribution in [1.82, 2.24) is 15.1 Å². The molecule has 29 heavy (non-hydrogen) atoms. The van der Waals surface area contributed by atoms with Crippen LogP contribution in [0.25, 0.3) is 0 Å². The second kappa shape index (κ2) is 8.71. The third-order valence-corrected chi connectivity index (χ3v) is 6.09. The maximum atomic E-state index is 12.6. The summed E-state index contributed by atoms with van der Waals surface area (Å²) in [6.45, 7) is 4.39. The molecule has 3 fully saturated rings. The summed E-state index contributed by atoms with van der Waals surface area (Å²) < 4.78 is 0. The number of rotatable bonds is 4.